The molecule has 0 unspecified atom stereocenters. The second kappa shape index (κ2) is 12.1. The molecule has 1 amide bonds. The number of aliphatic hydroxyl groups is 1. The van der Waals surface area contributed by atoms with Gasteiger partial charge in [-0.1, -0.05) is 11.6 Å². The number of amides is 1. The molecule has 5 nitrogen and oxygen atoms in total. The third-order valence-electron chi connectivity index (χ3n) is 8.69. The molecule has 34 heavy (non-hydrogen) atoms. The van der Waals surface area contributed by atoms with Gasteiger partial charge in [-0.2, -0.15) is 0 Å². The summed E-state index contributed by atoms with van der Waals surface area (Å²) in [5, 5.41) is 16.9. The van der Waals surface area contributed by atoms with Gasteiger partial charge in [0.2, 0.25) is 0 Å². The number of carbonyl (C=O) groups excluding carboxylic acids is 1. The van der Waals surface area contributed by atoms with E-state index in [1.54, 1.807) is 6.20 Å². The fourth-order valence-corrected chi connectivity index (χ4v) is 7.71. The summed E-state index contributed by atoms with van der Waals surface area (Å²) in [7, 11) is 0. The molecule has 5 fully saturated rings. The van der Waals surface area contributed by atoms with Gasteiger partial charge >= 0.3 is 0 Å². The second-order valence-electron chi connectivity index (χ2n) is 11.3. The van der Waals surface area contributed by atoms with Crippen LogP contribution < -0.4 is 10.6 Å². The SMILES string of the molecule is Cl.Cl.O=C(NCC12CC3CC(CC(C3)C1)C2)c1cc(CCCNC2CCC(O)CC2)ncc1Cl. The maximum atomic E-state index is 13.0. The topological polar surface area (TPSA) is 74.2 Å². The molecule has 0 atom stereocenters. The molecule has 1 aromatic heterocycles. The van der Waals surface area contributed by atoms with Gasteiger partial charge in [-0.05, 0) is 113 Å². The highest BCUT2D eigenvalue weighted by atomic mass is 35.5. The molecule has 5 aliphatic rings. The van der Waals surface area contributed by atoms with Gasteiger partial charge < -0.3 is 15.7 Å². The number of carbonyl (C=O) groups is 1. The molecule has 0 spiro atoms. The number of nitrogens with zero attached hydrogens (tertiary/aromatic N) is 1. The van der Waals surface area contributed by atoms with Gasteiger partial charge in [-0.3, -0.25) is 9.78 Å². The first kappa shape index (κ1) is 28.0. The first-order chi connectivity index (χ1) is 15.5. The summed E-state index contributed by atoms with van der Waals surface area (Å²) in [6.45, 7) is 1.72. The van der Waals surface area contributed by atoms with Crippen molar-refractivity contribution in [2.45, 2.75) is 89.2 Å². The van der Waals surface area contributed by atoms with Gasteiger partial charge in [0.1, 0.15) is 0 Å². The molecule has 1 aromatic rings. The van der Waals surface area contributed by atoms with E-state index in [0.29, 0.717) is 22.0 Å². The summed E-state index contributed by atoms with van der Waals surface area (Å²) in [6, 6.07) is 2.40. The Bertz CT molecular complexity index is 794. The van der Waals surface area contributed by atoms with Gasteiger partial charge in [0, 0.05) is 24.5 Å². The standard InChI is InChI=1S/C26H38ClN3O2.2ClH/c27-24-15-29-21(2-1-7-28-20-3-5-22(31)6-4-20)11-23(24)25(32)30-16-26-12-17-8-18(13-26)10-19(9-17)14-26;;/h11,15,17-20,22,28,31H,1-10,12-14,16H2,(H,30,32);2*1H. The molecular weight excluding hydrogens is 493 g/mol. The lowest BCUT2D eigenvalue weighted by Gasteiger charge is -2.56. The van der Waals surface area contributed by atoms with Gasteiger partial charge in [0.25, 0.3) is 5.91 Å². The summed E-state index contributed by atoms with van der Waals surface area (Å²) in [6.07, 6.45) is 15.4. The molecule has 3 N–H and O–H groups in total. The van der Waals surface area contributed by atoms with E-state index in [2.05, 4.69) is 15.6 Å². The number of rotatable bonds is 8. The highest BCUT2D eigenvalue weighted by Crippen LogP contribution is 2.59. The third kappa shape index (κ3) is 6.59. The number of hydrogen-bond donors (Lipinski definition) is 3. The van der Waals surface area contributed by atoms with Crippen LogP contribution in [0.4, 0.5) is 0 Å². The zero-order valence-corrected chi connectivity index (χ0v) is 22.3. The fourth-order valence-electron chi connectivity index (χ4n) is 7.52. The minimum absolute atomic E-state index is 0. The highest BCUT2D eigenvalue weighted by Gasteiger charge is 2.50. The van der Waals surface area contributed by atoms with Crippen molar-refractivity contribution >= 4 is 42.3 Å². The fraction of sp³-hybridized carbons (Fsp3) is 0.769. The van der Waals surface area contributed by atoms with Gasteiger partial charge in [-0.15, -0.1) is 24.8 Å². The zero-order valence-electron chi connectivity index (χ0n) is 19.9. The molecule has 0 aromatic carbocycles. The van der Waals surface area contributed by atoms with E-state index in [1.165, 1.54) is 38.5 Å². The lowest BCUT2D eigenvalue weighted by atomic mass is 9.49. The Morgan fingerprint density at radius 1 is 1.06 bits per heavy atom. The van der Waals surface area contributed by atoms with Crippen LogP contribution in [0.3, 0.4) is 0 Å². The summed E-state index contributed by atoms with van der Waals surface area (Å²) in [5.74, 6) is 2.62. The summed E-state index contributed by atoms with van der Waals surface area (Å²) < 4.78 is 0. The third-order valence-corrected chi connectivity index (χ3v) is 8.99. The Morgan fingerprint density at radius 2 is 1.68 bits per heavy atom. The monoisotopic (exact) mass is 531 g/mol. The van der Waals surface area contributed by atoms with Crippen LogP contribution in [-0.4, -0.2) is 41.2 Å². The highest BCUT2D eigenvalue weighted by molar-refractivity contribution is 6.33. The predicted molar refractivity (Wildman–Crippen MR) is 141 cm³/mol. The van der Waals surface area contributed by atoms with E-state index in [1.807, 2.05) is 6.07 Å². The van der Waals surface area contributed by atoms with Crippen LogP contribution in [0.1, 0.15) is 86.7 Å². The first-order valence-corrected chi connectivity index (χ1v) is 13.2. The Morgan fingerprint density at radius 3 is 2.29 bits per heavy atom. The number of pyridine rings is 1. The van der Waals surface area contributed by atoms with E-state index in [4.69, 9.17) is 11.6 Å². The van der Waals surface area contributed by atoms with E-state index in [0.717, 1.165) is 75.1 Å². The van der Waals surface area contributed by atoms with Gasteiger partial charge in [0.15, 0.2) is 0 Å². The van der Waals surface area contributed by atoms with Crippen molar-refractivity contribution in [3.8, 4) is 0 Å². The minimum Gasteiger partial charge on any atom is -0.393 e. The van der Waals surface area contributed by atoms with E-state index < -0.39 is 0 Å². The molecule has 8 heteroatoms. The molecule has 0 aliphatic heterocycles. The van der Waals surface area contributed by atoms with E-state index in [-0.39, 0.29) is 36.8 Å². The number of aliphatic hydroxyl groups excluding tert-OH is 1. The second-order valence-corrected chi connectivity index (χ2v) is 11.7. The Hall–Kier alpha value is -0.590. The average Bonchev–Trinajstić information content (AvgIpc) is 2.76. The Balaban J connectivity index is 0.00000162. The van der Waals surface area contributed by atoms with Crippen LogP contribution >= 0.6 is 36.4 Å². The van der Waals surface area contributed by atoms with Crippen molar-refractivity contribution in [3.05, 3.63) is 28.5 Å². The van der Waals surface area contributed by atoms with Crippen LogP contribution in [0.5, 0.6) is 0 Å². The van der Waals surface area contributed by atoms with Gasteiger partial charge in [-0.25, -0.2) is 0 Å². The van der Waals surface area contributed by atoms with Crippen LogP contribution in [0.25, 0.3) is 0 Å². The molecule has 5 saturated carbocycles. The van der Waals surface area contributed by atoms with E-state index >= 15 is 0 Å². The van der Waals surface area contributed by atoms with Crippen molar-refractivity contribution < 1.29 is 9.90 Å². The van der Waals surface area contributed by atoms with Crippen molar-refractivity contribution in [1.29, 1.82) is 0 Å². The Labute approximate surface area is 221 Å². The molecule has 5 aliphatic carbocycles. The summed E-state index contributed by atoms with van der Waals surface area (Å²) in [4.78, 5) is 17.5. The average molecular weight is 533 g/mol. The number of nitrogens with one attached hydrogen (secondary N) is 2. The van der Waals surface area contributed by atoms with Crippen LogP contribution in [0, 0.1) is 23.2 Å². The van der Waals surface area contributed by atoms with Crippen LogP contribution in [0.15, 0.2) is 12.3 Å². The lowest BCUT2D eigenvalue weighted by molar-refractivity contribution is -0.0503. The molecule has 6 rings (SSSR count). The maximum absolute atomic E-state index is 13.0. The van der Waals surface area contributed by atoms with Crippen molar-refractivity contribution in [3.63, 3.8) is 0 Å². The van der Waals surface area contributed by atoms with Crippen molar-refractivity contribution in [2.24, 2.45) is 23.2 Å². The summed E-state index contributed by atoms with van der Waals surface area (Å²) in [5.41, 5.74) is 1.82. The molecular formula is C26H40Cl3N3O2. The van der Waals surface area contributed by atoms with Crippen molar-refractivity contribution in [1.82, 2.24) is 15.6 Å². The zero-order chi connectivity index (χ0) is 22.1. The number of halogens is 3. The number of aromatic nitrogens is 1. The predicted octanol–water partition coefficient (Wildman–Crippen LogP) is 5.35. The number of aryl methyl sites for hydroxylation is 1. The van der Waals surface area contributed by atoms with E-state index in [9.17, 15) is 9.90 Å². The molecule has 1 heterocycles. The quantitative estimate of drug-likeness (QED) is 0.395. The summed E-state index contributed by atoms with van der Waals surface area (Å²) >= 11 is 6.36. The van der Waals surface area contributed by atoms with Crippen LogP contribution in [-0.2, 0) is 6.42 Å². The molecule has 192 valence electrons. The maximum Gasteiger partial charge on any atom is 0.252 e. The van der Waals surface area contributed by atoms with Crippen molar-refractivity contribution in [2.75, 3.05) is 13.1 Å². The molecule has 0 radical (unpaired) electrons. The van der Waals surface area contributed by atoms with Crippen LogP contribution in [0.2, 0.25) is 5.02 Å². The smallest absolute Gasteiger partial charge is 0.252 e. The normalized spacial score (nSPS) is 33.6. The first-order valence-electron chi connectivity index (χ1n) is 12.8. The largest absolute Gasteiger partial charge is 0.393 e. The van der Waals surface area contributed by atoms with Gasteiger partial charge in [0.05, 0.1) is 16.7 Å². The molecule has 0 saturated heterocycles. The lowest BCUT2D eigenvalue weighted by Crippen LogP contribution is -2.51. The minimum atomic E-state index is -0.112. The molecule has 4 bridgehead atoms. The Kier molecular flexibility index (Phi) is 9.96. The number of hydrogen-bond acceptors (Lipinski definition) is 4.